The summed E-state index contributed by atoms with van der Waals surface area (Å²) in [6.45, 7) is 3.88. The number of carboxylic acid groups (broad SMARTS) is 1. The van der Waals surface area contributed by atoms with Gasteiger partial charge in [-0.2, -0.15) is 0 Å². The summed E-state index contributed by atoms with van der Waals surface area (Å²) in [6.07, 6.45) is 0.416. The summed E-state index contributed by atoms with van der Waals surface area (Å²) in [6, 6.07) is 4.31. The molecule has 0 aliphatic carbocycles. The first-order valence-electron chi connectivity index (χ1n) is 6.91. The van der Waals surface area contributed by atoms with E-state index in [2.05, 4.69) is 0 Å². The highest BCUT2D eigenvalue weighted by molar-refractivity contribution is 8.00. The first kappa shape index (κ1) is 17.4. The van der Waals surface area contributed by atoms with Gasteiger partial charge in [-0.1, -0.05) is 43.1 Å². The lowest BCUT2D eigenvalue weighted by atomic mass is 10.0. The molecule has 2 atom stereocenters. The van der Waals surface area contributed by atoms with Gasteiger partial charge in [0, 0.05) is 0 Å². The molecular weight excluding hydrogens is 345 g/mol. The summed E-state index contributed by atoms with van der Waals surface area (Å²) in [5.74, 6) is -0.690. The van der Waals surface area contributed by atoms with Gasteiger partial charge in [-0.3, -0.25) is 4.79 Å². The second-order valence-corrected chi connectivity index (χ2v) is 7.50. The van der Waals surface area contributed by atoms with Gasteiger partial charge in [0.15, 0.2) is 0 Å². The number of carbonyl (C=O) groups excluding carboxylic acids is 1. The van der Waals surface area contributed by atoms with Gasteiger partial charge in [0.2, 0.25) is 5.91 Å². The van der Waals surface area contributed by atoms with E-state index in [1.54, 1.807) is 18.2 Å². The Bertz CT molecular complexity index is 594. The smallest absolute Gasteiger partial charge is 0.326 e. The number of benzene rings is 1. The van der Waals surface area contributed by atoms with Crippen LogP contribution in [0, 0.1) is 5.92 Å². The SMILES string of the molecule is CC(C)CC(C(=O)O)N1C(=O)CSC1c1ccc(Cl)c(Cl)c1. The van der Waals surface area contributed by atoms with Crippen LogP contribution in [0.3, 0.4) is 0 Å². The Hall–Kier alpha value is -0.910. The van der Waals surface area contributed by atoms with Crippen LogP contribution >= 0.6 is 35.0 Å². The topological polar surface area (TPSA) is 57.6 Å². The first-order chi connectivity index (χ1) is 10.3. The van der Waals surface area contributed by atoms with Crippen molar-refractivity contribution in [3.8, 4) is 0 Å². The van der Waals surface area contributed by atoms with Gasteiger partial charge in [0.25, 0.3) is 0 Å². The normalized spacial score (nSPS) is 19.8. The number of carbonyl (C=O) groups is 2. The molecule has 0 bridgehead atoms. The molecular formula is C15H17Cl2NO3S. The highest BCUT2D eigenvalue weighted by atomic mass is 35.5. The van der Waals surface area contributed by atoms with E-state index in [9.17, 15) is 14.7 Å². The van der Waals surface area contributed by atoms with E-state index >= 15 is 0 Å². The Morgan fingerprint density at radius 1 is 1.41 bits per heavy atom. The van der Waals surface area contributed by atoms with Crippen molar-refractivity contribution >= 4 is 46.8 Å². The Balaban J connectivity index is 2.35. The van der Waals surface area contributed by atoms with E-state index in [-0.39, 0.29) is 23.0 Å². The van der Waals surface area contributed by atoms with Crippen molar-refractivity contribution in [1.29, 1.82) is 0 Å². The number of thioether (sulfide) groups is 1. The van der Waals surface area contributed by atoms with Gasteiger partial charge in [0.05, 0.1) is 15.8 Å². The minimum Gasteiger partial charge on any atom is -0.480 e. The number of rotatable bonds is 5. The fourth-order valence-corrected chi connectivity index (χ4v) is 4.00. The fourth-order valence-electron chi connectivity index (χ4n) is 2.48. The zero-order valence-corrected chi connectivity index (χ0v) is 14.6. The summed E-state index contributed by atoms with van der Waals surface area (Å²) in [4.78, 5) is 25.3. The molecule has 0 spiro atoms. The Morgan fingerprint density at radius 2 is 2.09 bits per heavy atom. The monoisotopic (exact) mass is 361 g/mol. The molecule has 0 radical (unpaired) electrons. The highest BCUT2D eigenvalue weighted by Crippen LogP contribution is 2.42. The molecule has 120 valence electrons. The summed E-state index contributed by atoms with van der Waals surface area (Å²) in [7, 11) is 0. The van der Waals surface area contributed by atoms with Gasteiger partial charge in [-0.15, -0.1) is 11.8 Å². The van der Waals surface area contributed by atoms with Gasteiger partial charge in [0.1, 0.15) is 11.4 Å². The van der Waals surface area contributed by atoms with Crippen LogP contribution in [0.15, 0.2) is 18.2 Å². The maximum absolute atomic E-state index is 12.2. The summed E-state index contributed by atoms with van der Waals surface area (Å²) in [5, 5.41) is 10.00. The molecule has 1 heterocycles. The van der Waals surface area contributed by atoms with Crippen molar-refractivity contribution in [3.63, 3.8) is 0 Å². The predicted octanol–water partition coefficient (Wildman–Crippen LogP) is 4.07. The van der Waals surface area contributed by atoms with Crippen molar-refractivity contribution in [1.82, 2.24) is 4.90 Å². The molecule has 1 aliphatic heterocycles. The molecule has 1 aliphatic rings. The van der Waals surface area contributed by atoms with E-state index in [0.29, 0.717) is 16.5 Å². The molecule has 1 fully saturated rings. The van der Waals surface area contributed by atoms with Crippen LogP contribution < -0.4 is 0 Å². The fraction of sp³-hybridized carbons (Fsp3) is 0.467. The van der Waals surface area contributed by atoms with E-state index in [1.807, 2.05) is 13.8 Å². The third-order valence-corrected chi connectivity index (χ3v) is 5.42. The molecule has 1 N–H and O–H groups in total. The van der Waals surface area contributed by atoms with Crippen LogP contribution in [0.2, 0.25) is 10.0 Å². The van der Waals surface area contributed by atoms with E-state index < -0.39 is 12.0 Å². The van der Waals surface area contributed by atoms with E-state index in [1.165, 1.54) is 16.7 Å². The molecule has 1 amide bonds. The molecule has 1 saturated heterocycles. The van der Waals surface area contributed by atoms with Gasteiger partial charge < -0.3 is 10.0 Å². The van der Waals surface area contributed by atoms with E-state index in [0.717, 1.165) is 5.56 Å². The second-order valence-electron chi connectivity index (χ2n) is 5.62. The third kappa shape index (κ3) is 3.70. The average molecular weight is 362 g/mol. The molecule has 7 heteroatoms. The lowest BCUT2D eigenvalue weighted by Crippen LogP contribution is -2.44. The minimum absolute atomic E-state index is 0.158. The molecule has 1 aromatic rings. The zero-order valence-electron chi connectivity index (χ0n) is 12.3. The van der Waals surface area contributed by atoms with E-state index in [4.69, 9.17) is 23.2 Å². The second kappa shape index (κ2) is 7.11. The molecule has 2 rings (SSSR count). The standard InChI is InChI=1S/C15H17Cl2NO3S/c1-8(2)5-12(15(20)21)18-13(19)7-22-14(18)9-3-4-10(16)11(17)6-9/h3-4,6,8,12,14H,5,7H2,1-2H3,(H,20,21). The average Bonchev–Trinajstić information content (AvgIpc) is 2.80. The number of aliphatic carboxylic acids is 1. The number of hydrogen-bond acceptors (Lipinski definition) is 3. The minimum atomic E-state index is -0.977. The quantitative estimate of drug-likeness (QED) is 0.858. The predicted molar refractivity (Wildman–Crippen MR) is 89.4 cm³/mol. The van der Waals surface area contributed by atoms with Crippen molar-refractivity contribution in [2.45, 2.75) is 31.7 Å². The van der Waals surface area contributed by atoms with Crippen LogP contribution in [-0.4, -0.2) is 33.7 Å². The lowest BCUT2D eigenvalue weighted by molar-refractivity contribution is -0.150. The van der Waals surface area contributed by atoms with Crippen LogP contribution in [0.1, 0.15) is 31.2 Å². The number of amides is 1. The molecule has 22 heavy (non-hydrogen) atoms. The van der Waals surface area contributed by atoms with Crippen LogP contribution in [-0.2, 0) is 9.59 Å². The van der Waals surface area contributed by atoms with Gasteiger partial charge in [-0.05, 0) is 30.0 Å². The number of hydrogen-bond donors (Lipinski definition) is 1. The summed E-state index contributed by atoms with van der Waals surface area (Å²) >= 11 is 13.4. The molecule has 2 unspecified atom stereocenters. The number of nitrogens with zero attached hydrogens (tertiary/aromatic N) is 1. The van der Waals surface area contributed by atoms with Crippen LogP contribution in [0.25, 0.3) is 0 Å². The van der Waals surface area contributed by atoms with Crippen molar-refractivity contribution in [3.05, 3.63) is 33.8 Å². The first-order valence-corrected chi connectivity index (χ1v) is 8.72. The number of halogens is 2. The van der Waals surface area contributed by atoms with Crippen molar-refractivity contribution in [2.75, 3.05) is 5.75 Å². The molecule has 4 nitrogen and oxygen atoms in total. The zero-order chi connectivity index (χ0) is 16.4. The Labute approximate surface area is 143 Å². The highest BCUT2D eigenvalue weighted by Gasteiger charge is 2.41. The van der Waals surface area contributed by atoms with Crippen LogP contribution in [0.5, 0.6) is 0 Å². The lowest BCUT2D eigenvalue weighted by Gasteiger charge is -2.31. The van der Waals surface area contributed by atoms with Crippen LogP contribution in [0.4, 0.5) is 0 Å². The Morgan fingerprint density at radius 3 is 2.64 bits per heavy atom. The van der Waals surface area contributed by atoms with Gasteiger partial charge in [-0.25, -0.2) is 4.79 Å². The maximum atomic E-state index is 12.2. The molecule has 1 aromatic carbocycles. The third-order valence-electron chi connectivity index (χ3n) is 3.45. The largest absolute Gasteiger partial charge is 0.480 e. The Kier molecular flexibility index (Phi) is 5.64. The summed E-state index contributed by atoms with van der Waals surface area (Å²) in [5.41, 5.74) is 0.792. The van der Waals surface area contributed by atoms with Gasteiger partial charge >= 0.3 is 5.97 Å². The maximum Gasteiger partial charge on any atom is 0.326 e. The summed E-state index contributed by atoms with van der Waals surface area (Å²) < 4.78 is 0. The number of carboxylic acids is 1. The van der Waals surface area contributed by atoms with Crippen molar-refractivity contribution in [2.24, 2.45) is 5.92 Å². The van der Waals surface area contributed by atoms with Crippen molar-refractivity contribution < 1.29 is 14.7 Å². The molecule has 0 aromatic heterocycles. The molecule has 0 saturated carbocycles.